The van der Waals surface area contributed by atoms with Crippen molar-refractivity contribution >= 4 is 0 Å². The van der Waals surface area contributed by atoms with Gasteiger partial charge in [-0.2, -0.15) is 0 Å². The maximum absolute atomic E-state index is 3.45. The molecule has 3 atom stereocenters. The van der Waals surface area contributed by atoms with Gasteiger partial charge in [-0.25, -0.2) is 0 Å². The summed E-state index contributed by atoms with van der Waals surface area (Å²) in [5.41, 5.74) is 3.51. The monoisotopic (exact) mass is 300 g/mol. The lowest BCUT2D eigenvalue weighted by atomic mass is 9.87. The molecule has 22 heavy (non-hydrogen) atoms. The summed E-state index contributed by atoms with van der Waals surface area (Å²) < 4.78 is 0. The molecular formula is C20H32N2. The topological polar surface area (TPSA) is 15.3 Å². The van der Waals surface area contributed by atoms with Crippen LogP contribution in [0, 0.1) is 11.3 Å². The standard InChI is InChI=1S/C20H32N2/c1-5-19(22-12-10-21-11-13-22)16-8-6-15(7-9-16)17-14-18(17)20(2,3)4/h6-9,17-19,21H,5,10-14H2,1-4H3/t17-,18+,19?/m0/s1. The Morgan fingerprint density at radius 3 is 2.27 bits per heavy atom. The third-order valence-corrected chi connectivity index (χ3v) is 5.63. The zero-order chi connectivity index (χ0) is 15.7. The Balaban J connectivity index is 1.68. The van der Waals surface area contributed by atoms with Gasteiger partial charge in [-0.1, -0.05) is 52.0 Å². The van der Waals surface area contributed by atoms with Crippen LogP contribution in [-0.4, -0.2) is 31.1 Å². The van der Waals surface area contributed by atoms with Crippen molar-refractivity contribution in [3.8, 4) is 0 Å². The molecule has 1 aliphatic carbocycles. The summed E-state index contributed by atoms with van der Waals surface area (Å²) in [6.45, 7) is 14.1. The number of rotatable bonds is 4. The fourth-order valence-corrected chi connectivity index (χ4v) is 4.18. The Kier molecular flexibility index (Phi) is 4.61. The predicted molar refractivity (Wildman–Crippen MR) is 94.2 cm³/mol. The predicted octanol–water partition coefficient (Wildman–Crippen LogP) is 4.19. The fraction of sp³-hybridized carbons (Fsp3) is 0.700. The van der Waals surface area contributed by atoms with Crippen LogP contribution in [0.1, 0.15) is 63.6 Å². The van der Waals surface area contributed by atoms with Gasteiger partial charge in [0.2, 0.25) is 0 Å². The van der Waals surface area contributed by atoms with Crippen molar-refractivity contribution < 1.29 is 0 Å². The highest BCUT2D eigenvalue weighted by Gasteiger charge is 2.45. The Labute approximate surface area is 136 Å². The molecule has 1 aromatic carbocycles. The number of benzene rings is 1. The number of piperazine rings is 1. The van der Waals surface area contributed by atoms with Gasteiger partial charge >= 0.3 is 0 Å². The minimum absolute atomic E-state index is 0.454. The van der Waals surface area contributed by atoms with Gasteiger partial charge in [0.05, 0.1) is 0 Å². The highest BCUT2D eigenvalue weighted by molar-refractivity contribution is 5.31. The van der Waals surface area contributed by atoms with E-state index in [9.17, 15) is 0 Å². The maximum Gasteiger partial charge on any atom is 0.0346 e. The Bertz CT molecular complexity index is 479. The molecule has 0 aromatic heterocycles. The van der Waals surface area contributed by atoms with Crippen LogP contribution in [0.3, 0.4) is 0 Å². The Morgan fingerprint density at radius 2 is 1.77 bits per heavy atom. The molecular weight excluding hydrogens is 268 g/mol. The minimum atomic E-state index is 0.454. The van der Waals surface area contributed by atoms with Gasteiger partial charge in [-0.3, -0.25) is 4.90 Å². The third kappa shape index (κ3) is 3.38. The van der Waals surface area contributed by atoms with Gasteiger partial charge in [0.25, 0.3) is 0 Å². The lowest BCUT2D eigenvalue weighted by molar-refractivity contribution is 0.169. The molecule has 2 aliphatic rings. The quantitative estimate of drug-likeness (QED) is 0.897. The van der Waals surface area contributed by atoms with E-state index in [1.807, 2.05) is 0 Å². The van der Waals surface area contributed by atoms with Crippen LogP contribution < -0.4 is 5.32 Å². The van der Waals surface area contributed by atoms with Gasteiger partial charge in [-0.05, 0) is 41.2 Å². The van der Waals surface area contributed by atoms with Gasteiger partial charge in [-0.15, -0.1) is 0 Å². The molecule has 1 aromatic rings. The van der Waals surface area contributed by atoms with Gasteiger partial charge in [0.15, 0.2) is 0 Å². The minimum Gasteiger partial charge on any atom is -0.314 e. The van der Waals surface area contributed by atoms with Gasteiger partial charge < -0.3 is 5.32 Å². The molecule has 0 spiro atoms. The van der Waals surface area contributed by atoms with E-state index in [0.29, 0.717) is 11.5 Å². The molecule has 1 saturated heterocycles. The summed E-state index contributed by atoms with van der Waals surface area (Å²) in [6, 6.07) is 10.2. The molecule has 2 fully saturated rings. The second-order valence-electron chi connectivity index (χ2n) is 8.19. The van der Waals surface area contributed by atoms with Crippen molar-refractivity contribution in [2.45, 2.75) is 52.5 Å². The highest BCUT2D eigenvalue weighted by atomic mass is 15.2. The number of nitrogens with one attached hydrogen (secondary N) is 1. The largest absolute Gasteiger partial charge is 0.314 e. The first-order valence-electron chi connectivity index (χ1n) is 9.05. The van der Waals surface area contributed by atoms with Crippen molar-refractivity contribution in [2.75, 3.05) is 26.2 Å². The Hall–Kier alpha value is -0.860. The molecule has 1 N–H and O–H groups in total. The van der Waals surface area contributed by atoms with Crippen LogP contribution in [0.2, 0.25) is 0 Å². The third-order valence-electron chi connectivity index (χ3n) is 5.63. The molecule has 1 saturated carbocycles. The van der Waals surface area contributed by atoms with E-state index >= 15 is 0 Å². The number of hydrogen-bond donors (Lipinski definition) is 1. The second-order valence-corrected chi connectivity index (χ2v) is 8.19. The van der Waals surface area contributed by atoms with Gasteiger partial charge in [0.1, 0.15) is 0 Å². The summed E-state index contributed by atoms with van der Waals surface area (Å²) in [7, 11) is 0. The summed E-state index contributed by atoms with van der Waals surface area (Å²) in [6.07, 6.45) is 2.57. The van der Waals surface area contributed by atoms with E-state index in [0.717, 1.165) is 24.9 Å². The van der Waals surface area contributed by atoms with Crippen molar-refractivity contribution in [1.82, 2.24) is 10.2 Å². The molecule has 2 nitrogen and oxygen atoms in total. The molecule has 122 valence electrons. The lowest BCUT2D eigenvalue weighted by Crippen LogP contribution is -2.45. The summed E-state index contributed by atoms with van der Waals surface area (Å²) in [5.74, 6) is 1.67. The molecule has 3 rings (SSSR count). The van der Waals surface area contributed by atoms with Crippen LogP contribution in [0.25, 0.3) is 0 Å². The summed E-state index contributed by atoms with van der Waals surface area (Å²) >= 11 is 0. The fourth-order valence-electron chi connectivity index (χ4n) is 4.18. The van der Waals surface area contributed by atoms with E-state index in [-0.39, 0.29) is 0 Å². The van der Waals surface area contributed by atoms with Crippen LogP contribution in [0.4, 0.5) is 0 Å². The zero-order valence-electron chi connectivity index (χ0n) is 14.7. The van der Waals surface area contributed by atoms with Crippen molar-refractivity contribution in [3.05, 3.63) is 35.4 Å². The van der Waals surface area contributed by atoms with Crippen LogP contribution in [0.15, 0.2) is 24.3 Å². The highest BCUT2D eigenvalue weighted by Crippen LogP contribution is 2.56. The van der Waals surface area contributed by atoms with Crippen LogP contribution in [-0.2, 0) is 0 Å². The Morgan fingerprint density at radius 1 is 1.14 bits per heavy atom. The first kappa shape index (κ1) is 16.0. The van der Waals surface area contributed by atoms with E-state index in [1.165, 1.54) is 31.5 Å². The van der Waals surface area contributed by atoms with Crippen molar-refractivity contribution in [1.29, 1.82) is 0 Å². The van der Waals surface area contributed by atoms with Crippen molar-refractivity contribution in [2.24, 2.45) is 11.3 Å². The van der Waals surface area contributed by atoms with E-state index < -0.39 is 0 Å². The SMILES string of the molecule is CCC(c1ccc([C@@H]2C[C@H]2C(C)(C)C)cc1)N1CCNCC1. The smallest absolute Gasteiger partial charge is 0.0346 e. The zero-order valence-corrected chi connectivity index (χ0v) is 14.7. The summed E-state index contributed by atoms with van der Waals surface area (Å²) in [4.78, 5) is 2.64. The van der Waals surface area contributed by atoms with Crippen LogP contribution >= 0.6 is 0 Å². The first-order valence-corrected chi connectivity index (χ1v) is 9.05. The molecule has 0 radical (unpaired) electrons. The number of hydrogen-bond acceptors (Lipinski definition) is 2. The van der Waals surface area contributed by atoms with E-state index in [2.05, 4.69) is 62.2 Å². The first-order chi connectivity index (χ1) is 10.5. The molecule has 2 heteroatoms. The summed E-state index contributed by atoms with van der Waals surface area (Å²) in [5, 5.41) is 3.45. The van der Waals surface area contributed by atoms with Crippen molar-refractivity contribution in [3.63, 3.8) is 0 Å². The normalized spacial score (nSPS) is 27.6. The molecule has 0 bridgehead atoms. The maximum atomic E-state index is 3.45. The molecule has 0 amide bonds. The number of nitrogens with zero attached hydrogens (tertiary/aromatic N) is 1. The molecule has 1 unspecified atom stereocenters. The van der Waals surface area contributed by atoms with E-state index in [1.54, 1.807) is 5.56 Å². The average molecular weight is 300 g/mol. The average Bonchev–Trinajstić information content (AvgIpc) is 3.30. The molecule has 1 aliphatic heterocycles. The van der Waals surface area contributed by atoms with Crippen LogP contribution in [0.5, 0.6) is 0 Å². The lowest BCUT2D eigenvalue weighted by Gasteiger charge is -2.34. The second kappa shape index (κ2) is 6.33. The van der Waals surface area contributed by atoms with E-state index in [4.69, 9.17) is 0 Å². The molecule has 1 heterocycles. The van der Waals surface area contributed by atoms with Gasteiger partial charge in [0, 0.05) is 32.2 Å².